The van der Waals surface area contributed by atoms with Gasteiger partial charge < -0.3 is 10.2 Å². The standard InChI is InChI=1S/C23H27N3OS/c1-17(18-8-3-2-4-9-18)14-24-22(27)16-26-13-7-10-19(15-26)23-25-20-11-5-6-12-21(20)28-23/h2-6,8-9,11-12,17,19H,7,10,13-16H2,1H3,(H,24,27)/p+1/t17-,19-/m0/s1. The molecule has 5 heteroatoms. The number of piperidine rings is 1. The van der Waals surface area contributed by atoms with Gasteiger partial charge in [0.1, 0.15) is 5.01 Å². The lowest BCUT2D eigenvalue weighted by Gasteiger charge is -2.28. The summed E-state index contributed by atoms with van der Waals surface area (Å²) in [5.41, 5.74) is 2.37. The predicted molar refractivity (Wildman–Crippen MR) is 115 cm³/mol. The van der Waals surface area contributed by atoms with Gasteiger partial charge in [-0.3, -0.25) is 4.79 Å². The van der Waals surface area contributed by atoms with Gasteiger partial charge in [0, 0.05) is 6.54 Å². The molecule has 1 unspecified atom stereocenters. The van der Waals surface area contributed by atoms with Gasteiger partial charge in [-0.05, 0) is 36.5 Å². The third-order valence-corrected chi connectivity index (χ3v) is 6.86. The van der Waals surface area contributed by atoms with Crippen molar-refractivity contribution in [2.45, 2.75) is 31.6 Å². The first-order valence-corrected chi connectivity index (χ1v) is 11.0. The summed E-state index contributed by atoms with van der Waals surface area (Å²) in [6.07, 6.45) is 2.33. The van der Waals surface area contributed by atoms with E-state index < -0.39 is 0 Å². The van der Waals surface area contributed by atoms with Crippen LogP contribution in [0.15, 0.2) is 54.6 Å². The van der Waals surface area contributed by atoms with Crippen LogP contribution >= 0.6 is 11.3 Å². The number of thiazole rings is 1. The highest BCUT2D eigenvalue weighted by atomic mass is 32.1. The molecular weight excluding hydrogens is 366 g/mol. The molecule has 0 saturated carbocycles. The zero-order valence-corrected chi connectivity index (χ0v) is 17.2. The number of para-hydroxylation sites is 1. The molecular formula is C23H28N3OS+. The van der Waals surface area contributed by atoms with E-state index in [0.29, 0.717) is 24.9 Å². The molecule has 2 heterocycles. The number of rotatable bonds is 6. The molecule has 0 radical (unpaired) electrons. The van der Waals surface area contributed by atoms with Crippen LogP contribution in [0.1, 0.15) is 42.2 Å². The van der Waals surface area contributed by atoms with Crippen molar-refractivity contribution < 1.29 is 9.69 Å². The van der Waals surface area contributed by atoms with Gasteiger partial charge in [0.2, 0.25) is 0 Å². The number of hydrogen-bond acceptors (Lipinski definition) is 3. The highest BCUT2D eigenvalue weighted by molar-refractivity contribution is 7.18. The molecule has 4 rings (SSSR count). The number of aromatic nitrogens is 1. The molecule has 0 bridgehead atoms. The number of benzene rings is 2. The van der Waals surface area contributed by atoms with Gasteiger partial charge in [0.25, 0.3) is 5.91 Å². The van der Waals surface area contributed by atoms with Gasteiger partial charge in [-0.15, -0.1) is 11.3 Å². The molecule has 0 aliphatic carbocycles. The van der Waals surface area contributed by atoms with Crippen molar-refractivity contribution in [1.29, 1.82) is 0 Å². The molecule has 2 N–H and O–H groups in total. The predicted octanol–water partition coefficient (Wildman–Crippen LogP) is 2.98. The average Bonchev–Trinajstić information content (AvgIpc) is 3.17. The molecule has 1 saturated heterocycles. The third kappa shape index (κ3) is 4.59. The van der Waals surface area contributed by atoms with Crippen LogP contribution in [0.4, 0.5) is 0 Å². The monoisotopic (exact) mass is 394 g/mol. The van der Waals surface area contributed by atoms with Crippen LogP contribution in [0.25, 0.3) is 10.2 Å². The molecule has 1 aliphatic rings. The maximum Gasteiger partial charge on any atom is 0.275 e. The Bertz CT molecular complexity index is 891. The molecule has 3 atom stereocenters. The highest BCUT2D eigenvalue weighted by Crippen LogP contribution is 2.30. The first-order chi connectivity index (χ1) is 13.7. The Kier molecular flexibility index (Phi) is 6.03. The number of quaternary nitrogens is 1. The van der Waals surface area contributed by atoms with E-state index in [1.165, 1.54) is 26.6 Å². The summed E-state index contributed by atoms with van der Waals surface area (Å²) >= 11 is 1.81. The molecule has 2 aromatic carbocycles. The minimum Gasteiger partial charge on any atom is -0.351 e. The number of amides is 1. The van der Waals surface area contributed by atoms with Crippen LogP contribution in [-0.4, -0.2) is 37.1 Å². The fourth-order valence-corrected chi connectivity index (χ4v) is 5.14. The Morgan fingerprint density at radius 1 is 1.21 bits per heavy atom. The molecule has 0 spiro atoms. The maximum absolute atomic E-state index is 12.5. The molecule has 1 aromatic heterocycles. The normalized spacial score (nSPS) is 20.8. The molecule has 28 heavy (non-hydrogen) atoms. The first-order valence-electron chi connectivity index (χ1n) is 10.2. The maximum atomic E-state index is 12.5. The van der Waals surface area contributed by atoms with Crippen LogP contribution in [-0.2, 0) is 4.79 Å². The summed E-state index contributed by atoms with van der Waals surface area (Å²) in [6.45, 7) is 5.48. The Balaban J connectivity index is 1.30. The van der Waals surface area contributed by atoms with E-state index in [-0.39, 0.29) is 5.91 Å². The minimum absolute atomic E-state index is 0.155. The van der Waals surface area contributed by atoms with E-state index in [9.17, 15) is 4.79 Å². The number of carbonyl (C=O) groups excluding carboxylic acids is 1. The van der Waals surface area contributed by atoms with Crippen molar-refractivity contribution in [1.82, 2.24) is 10.3 Å². The van der Waals surface area contributed by atoms with E-state index in [1.807, 2.05) is 35.6 Å². The summed E-state index contributed by atoms with van der Waals surface area (Å²) in [7, 11) is 0. The quantitative estimate of drug-likeness (QED) is 0.675. The molecule has 1 aliphatic heterocycles. The highest BCUT2D eigenvalue weighted by Gasteiger charge is 2.28. The second-order valence-electron chi connectivity index (χ2n) is 7.86. The lowest BCUT2D eigenvalue weighted by Crippen LogP contribution is -3.14. The number of carbonyl (C=O) groups is 1. The van der Waals surface area contributed by atoms with Crippen molar-refractivity contribution in [3.63, 3.8) is 0 Å². The fraction of sp³-hybridized carbons (Fsp3) is 0.391. The average molecular weight is 395 g/mol. The molecule has 1 amide bonds. The van der Waals surface area contributed by atoms with Gasteiger partial charge in [0.15, 0.2) is 6.54 Å². The molecule has 1 fully saturated rings. The van der Waals surface area contributed by atoms with Crippen LogP contribution < -0.4 is 10.2 Å². The van der Waals surface area contributed by atoms with Crippen LogP contribution in [0.2, 0.25) is 0 Å². The fourth-order valence-electron chi connectivity index (χ4n) is 4.04. The lowest BCUT2D eigenvalue weighted by molar-refractivity contribution is -0.898. The van der Waals surface area contributed by atoms with Crippen molar-refractivity contribution in [2.75, 3.05) is 26.2 Å². The van der Waals surface area contributed by atoms with Gasteiger partial charge in [-0.25, -0.2) is 4.98 Å². The van der Waals surface area contributed by atoms with Gasteiger partial charge >= 0.3 is 0 Å². The smallest absolute Gasteiger partial charge is 0.275 e. The first kappa shape index (κ1) is 19.1. The Labute approximate surface area is 170 Å². The summed E-state index contributed by atoms with van der Waals surface area (Å²) < 4.78 is 1.26. The number of fused-ring (bicyclic) bond motifs is 1. The van der Waals surface area contributed by atoms with Crippen molar-refractivity contribution in [2.24, 2.45) is 0 Å². The second kappa shape index (κ2) is 8.84. The van der Waals surface area contributed by atoms with Crippen LogP contribution in [0.3, 0.4) is 0 Å². The van der Waals surface area contributed by atoms with Crippen molar-refractivity contribution in [3.8, 4) is 0 Å². The van der Waals surface area contributed by atoms with E-state index in [2.05, 4.69) is 42.6 Å². The van der Waals surface area contributed by atoms with Gasteiger partial charge in [0.05, 0.1) is 29.2 Å². The van der Waals surface area contributed by atoms with E-state index >= 15 is 0 Å². The van der Waals surface area contributed by atoms with Crippen molar-refractivity contribution in [3.05, 3.63) is 65.2 Å². The van der Waals surface area contributed by atoms with E-state index in [1.54, 1.807) is 0 Å². The number of hydrogen-bond donors (Lipinski definition) is 2. The van der Waals surface area contributed by atoms with E-state index in [0.717, 1.165) is 25.0 Å². The van der Waals surface area contributed by atoms with Gasteiger partial charge in [-0.2, -0.15) is 0 Å². The number of likely N-dealkylation sites (tertiary alicyclic amines) is 1. The Morgan fingerprint density at radius 2 is 2.00 bits per heavy atom. The van der Waals surface area contributed by atoms with Gasteiger partial charge in [-0.1, -0.05) is 49.4 Å². The lowest BCUT2D eigenvalue weighted by atomic mass is 9.98. The summed E-state index contributed by atoms with van der Waals surface area (Å²) in [4.78, 5) is 18.7. The van der Waals surface area contributed by atoms with Crippen LogP contribution in [0, 0.1) is 0 Å². The van der Waals surface area contributed by atoms with Crippen LogP contribution in [0.5, 0.6) is 0 Å². The Hall–Kier alpha value is -2.24. The largest absolute Gasteiger partial charge is 0.351 e. The number of nitrogens with one attached hydrogen (secondary N) is 2. The zero-order chi connectivity index (χ0) is 19.3. The SMILES string of the molecule is C[C@@H](CNC(=O)C[NH+]1CCC[C@H](c2nc3ccccc3s2)C1)c1ccccc1. The van der Waals surface area contributed by atoms with E-state index in [4.69, 9.17) is 4.98 Å². The van der Waals surface area contributed by atoms with Crippen molar-refractivity contribution >= 4 is 27.5 Å². The summed E-state index contributed by atoms with van der Waals surface area (Å²) in [6, 6.07) is 18.7. The number of nitrogens with zero attached hydrogens (tertiary/aromatic N) is 1. The zero-order valence-electron chi connectivity index (χ0n) is 16.4. The summed E-state index contributed by atoms with van der Waals surface area (Å²) in [5.74, 6) is 0.955. The minimum atomic E-state index is 0.155. The molecule has 4 nitrogen and oxygen atoms in total. The molecule has 146 valence electrons. The molecule has 3 aromatic rings. The third-order valence-electron chi connectivity index (χ3n) is 5.66. The topological polar surface area (TPSA) is 46.4 Å². The Morgan fingerprint density at radius 3 is 2.82 bits per heavy atom. The summed E-state index contributed by atoms with van der Waals surface area (Å²) in [5, 5.41) is 4.36. The second-order valence-corrected chi connectivity index (χ2v) is 8.92.